The first kappa shape index (κ1) is 20.6. The number of nitrogens with one attached hydrogen (secondary N) is 1. The molecule has 0 heterocycles. The number of amides is 1. The van der Waals surface area contributed by atoms with Gasteiger partial charge in [-0.2, -0.15) is 0 Å². The Labute approximate surface area is 161 Å². The zero-order valence-corrected chi connectivity index (χ0v) is 17.2. The van der Waals surface area contributed by atoms with Crippen molar-refractivity contribution in [2.24, 2.45) is 0 Å². The Hall–Kier alpha value is -2.69. The molecule has 1 amide bonds. The summed E-state index contributed by atoms with van der Waals surface area (Å²) in [5, 5.41) is 3.02. The van der Waals surface area contributed by atoms with Crippen molar-refractivity contribution in [1.82, 2.24) is 5.32 Å². The Balaban J connectivity index is 2.21. The average molecular weight is 371 g/mol. The molecule has 2 aromatic carbocycles. The minimum Gasteiger partial charge on any atom is -0.493 e. The Kier molecular flexibility index (Phi) is 6.37. The van der Waals surface area contributed by atoms with Gasteiger partial charge in [-0.3, -0.25) is 4.79 Å². The maximum Gasteiger partial charge on any atom is 0.252 e. The Morgan fingerprint density at radius 3 is 1.85 bits per heavy atom. The second-order valence-corrected chi connectivity index (χ2v) is 7.48. The monoisotopic (exact) mass is 371 g/mol. The molecule has 2 aromatic rings. The number of hydrogen-bond acceptors (Lipinski definition) is 4. The lowest BCUT2D eigenvalue weighted by atomic mass is 9.86. The fraction of sp³-hybridized carbons (Fsp3) is 0.409. The van der Waals surface area contributed by atoms with Crippen LogP contribution in [0.15, 0.2) is 36.4 Å². The van der Waals surface area contributed by atoms with Crippen molar-refractivity contribution < 1.29 is 19.0 Å². The number of carbonyl (C=O) groups excluding carboxylic acids is 1. The molecule has 5 heteroatoms. The SMILES string of the molecule is COc1cc(C(=O)N[C@@H](C)c2ccc(C(C)(C)C)cc2)cc(OC)c1OC. The van der Waals surface area contributed by atoms with Crippen LogP contribution in [0.4, 0.5) is 0 Å². The van der Waals surface area contributed by atoms with E-state index in [1.807, 2.05) is 6.92 Å². The molecule has 27 heavy (non-hydrogen) atoms. The van der Waals surface area contributed by atoms with Crippen LogP contribution in [0.5, 0.6) is 17.2 Å². The summed E-state index contributed by atoms with van der Waals surface area (Å²) < 4.78 is 15.9. The van der Waals surface area contributed by atoms with Gasteiger partial charge in [0, 0.05) is 5.56 Å². The summed E-state index contributed by atoms with van der Waals surface area (Å²) in [5.74, 6) is 1.15. The smallest absolute Gasteiger partial charge is 0.252 e. The first-order valence-corrected chi connectivity index (χ1v) is 8.92. The van der Waals surface area contributed by atoms with Gasteiger partial charge in [0.1, 0.15) is 0 Å². The maximum atomic E-state index is 12.7. The number of carbonyl (C=O) groups is 1. The van der Waals surface area contributed by atoms with Crippen molar-refractivity contribution in [2.75, 3.05) is 21.3 Å². The average Bonchev–Trinajstić information content (AvgIpc) is 2.65. The molecule has 1 atom stereocenters. The van der Waals surface area contributed by atoms with E-state index in [0.717, 1.165) is 5.56 Å². The van der Waals surface area contributed by atoms with Crippen LogP contribution in [0.2, 0.25) is 0 Å². The van der Waals surface area contributed by atoms with Crippen molar-refractivity contribution in [3.63, 3.8) is 0 Å². The van der Waals surface area contributed by atoms with Gasteiger partial charge in [0.15, 0.2) is 11.5 Å². The molecule has 0 spiro atoms. The molecular formula is C22H29NO4. The van der Waals surface area contributed by atoms with E-state index in [2.05, 4.69) is 50.4 Å². The first-order valence-electron chi connectivity index (χ1n) is 8.92. The minimum absolute atomic E-state index is 0.0984. The van der Waals surface area contributed by atoms with E-state index in [1.165, 1.54) is 26.9 Å². The van der Waals surface area contributed by atoms with Gasteiger partial charge in [-0.15, -0.1) is 0 Å². The second kappa shape index (κ2) is 8.33. The van der Waals surface area contributed by atoms with Gasteiger partial charge in [-0.1, -0.05) is 45.0 Å². The van der Waals surface area contributed by atoms with Crippen molar-refractivity contribution in [2.45, 2.75) is 39.2 Å². The van der Waals surface area contributed by atoms with Gasteiger partial charge in [0.05, 0.1) is 27.4 Å². The number of rotatable bonds is 6. The molecular weight excluding hydrogens is 342 g/mol. The molecule has 0 unspecified atom stereocenters. The van der Waals surface area contributed by atoms with Crippen molar-refractivity contribution in [3.05, 3.63) is 53.1 Å². The van der Waals surface area contributed by atoms with E-state index in [0.29, 0.717) is 22.8 Å². The minimum atomic E-state index is -0.207. The lowest BCUT2D eigenvalue weighted by Gasteiger charge is -2.21. The molecule has 0 aliphatic heterocycles. The highest BCUT2D eigenvalue weighted by Crippen LogP contribution is 2.38. The Morgan fingerprint density at radius 2 is 1.44 bits per heavy atom. The quantitative estimate of drug-likeness (QED) is 0.812. The van der Waals surface area contributed by atoms with Crippen LogP contribution in [0.1, 0.15) is 55.2 Å². The van der Waals surface area contributed by atoms with Gasteiger partial charge in [0.25, 0.3) is 5.91 Å². The van der Waals surface area contributed by atoms with Crippen LogP contribution in [-0.2, 0) is 5.41 Å². The maximum absolute atomic E-state index is 12.7. The van der Waals surface area contributed by atoms with Crippen LogP contribution in [0, 0.1) is 0 Å². The van der Waals surface area contributed by atoms with Gasteiger partial charge in [-0.05, 0) is 35.6 Å². The molecule has 0 aliphatic rings. The standard InChI is InChI=1S/C22H29NO4/c1-14(15-8-10-17(11-9-15)22(2,3)4)23-21(24)16-12-18(25-5)20(27-7)19(13-16)26-6/h8-14H,1-7H3,(H,23,24)/t14-/m0/s1. The van der Waals surface area contributed by atoms with E-state index < -0.39 is 0 Å². The number of hydrogen-bond donors (Lipinski definition) is 1. The first-order chi connectivity index (χ1) is 12.7. The topological polar surface area (TPSA) is 56.8 Å². The highest BCUT2D eigenvalue weighted by atomic mass is 16.5. The molecule has 0 aromatic heterocycles. The molecule has 0 radical (unpaired) electrons. The fourth-order valence-corrected chi connectivity index (χ4v) is 2.85. The van der Waals surface area contributed by atoms with E-state index in [4.69, 9.17) is 14.2 Å². The third kappa shape index (κ3) is 4.73. The highest BCUT2D eigenvalue weighted by Gasteiger charge is 2.19. The molecule has 5 nitrogen and oxygen atoms in total. The van der Waals surface area contributed by atoms with Gasteiger partial charge in [-0.25, -0.2) is 0 Å². The molecule has 0 fully saturated rings. The molecule has 146 valence electrons. The zero-order chi connectivity index (χ0) is 20.2. The summed E-state index contributed by atoms with van der Waals surface area (Å²) in [7, 11) is 4.58. The normalized spacial score (nSPS) is 12.3. The third-order valence-corrected chi connectivity index (χ3v) is 4.55. The largest absolute Gasteiger partial charge is 0.493 e. The summed E-state index contributed by atoms with van der Waals surface area (Å²) in [6.07, 6.45) is 0. The third-order valence-electron chi connectivity index (χ3n) is 4.55. The fourth-order valence-electron chi connectivity index (χ4n) is 2.85. The number of benzene rings is 2. The Morgan fingerprint density at radius 1 is 0.926 bits per heavy atom. The molecule has 0 saturated carbocycles. The number of ether oxygens (including phenoxy) is 3. The van der Waals surface area contributed by atoms with Crippen molar-refractivity contribution in [1.29, 1.82) is 0 Å². The van der Waals surface area contributed by atoms with Crippen LogP contribution in [-0.4, -0.2) is 27.2 Å². The van der Waals surface area contributed by atoms with Crippen LogP contribution < -0.4 is 19.5 Å². The molecule has 0 saturated heterocycles. The summed E-state index contributed by atoms with van der Waals surface area (Å²) in [5.41, 5.74) is 2.85. The van der Waals surface area contributed by atoms with E-state index in [9.17, 15) is 4.79 Å². The molecule has 0 bridgehead atoms. The van der Waals surface area contributed by atoms with Crippen LogP contribution in [0.3, 0.4) is 0 Å². The summed E-state index contributed by atoms with van der Waals surface area (Å²) in [6, 6.07) is 11.5. The zero-order valence-electron chi connectivity index (χ0n) is 17.2. The summed E-state index contributed by atoms with van der Waals surface area (Å²) >= 11 is 0. The van der Waals surface area contributed by atoms with Crippen LogP contribution >= 0.6 is 0 Å². The second-order valence-electron chi connectivity index (χ2n) is 7.48. The van der Waals surface area contributed by atoms with Crippen LogP contribution in [0.25, 0.3) is 0 Å². The summed E-state index contributed by atoms with van der Waals surface area (Å²) in [6.45, 7) is 8.50. The lowest BCUT2D eigenvalue weighted by molar-refractivity contribution is 0.0939. The predicted octanol–water partition coefficient (Wildman–Crippen LogP) is 4.50. The summed E-state index contributed by atoms with van der Waals surface area (Å²) in [4.78, 5) is 12.7. The molecule has 0 aliphatic carbocycles. The van der Waals surface area contributed by atoms with E-state index >= 15 is 0 Å². The Bertz CT molecular complexity index is 766. The van der Waals surface area contributed by atoms with Gasteiger partial charge in [0.2, 0.25) is 5.75 Å². The molecule has 2 rings (SSSR count). The lowest BCUT2D eigenvalue weighted by Crippen LogP contribution is -2.26. The number of methoxy groups -OCH3 is 3. The van der Waals surface area contributed by atoms with Crippen molar-refractivity contribution in [3.8, 4) is 17.2 Å². The van der Waals surface area contributed by atoms with Gasteiger partial charge >= 0.3 is 0 Å². The van der Waals surface area contributed by atoms with Crippen molar-refractivity contribution >= 4 is 5.91 Å². The van der Waals surface area contributed by atoms with Gasteiger partial charge < -0.3 is 19.5 Å². The predicted molar refractivity (Wildman–Crippen MR) is 107 cm³/mol. The molecule has 1 N–H and O–H groups in total. The van der Waals surface area contributed by atoms with E-state index in [-0.39, 0.29) is 17.4 Å². The van der Waals surface area contributed by atoms with E-state index in [1.54, 1.807) is 12.1 Å². The highest BCUT2D eigenvalue weighted by molar-refractivity contribution is 5.95.